The van der Waals surface area contributed by atoms with E-state index in [0.29, 0.717) is 34.4 Å². The van der Waals surface area contributed by atoms with Crippen LogP contribution in [0.25, 0.3) is 6.08 Å². The first-order valence-electron chi connectivity index (χ1n) is 9.13. The Kier molecular flexibility index (Phi) is 7.09. The summed E-state index contributed by atoms with van der Waals surface area (Å²) in [6, 6.07) is 23.6. The number of ether oxygens (including phenoxy) is 2. The molecule has 0 heterocycles. The van der Waals surface area contributed by atoms with Crippen molar-refractivity contribution in [3.63, 3.8) is 0 Å². The number of methoxy groups -OCH3 is 1. The number of rotatable bonds is 7. The molecule has 0 fully saturated rings. The highest BCUT2D eigenvalue weighted by Crippen LogP contribution is 2.28. The van der Waals surface area contributed by atoms with Crippen molar-refractivity contribution in [1.82, 2.24) is 0 Å². The minimum Gasteiger partial charge on any atom is -0.497 e. The molecule has 0 saturated heterocycles. The maximum absolute atomic E-state index is 12.6. The van der Waals surface area contributed by atoms with Crippen LogP contribution in [-0.4, -0.2) is 13.0 Å². The summed E-state index contributed by atoms with van der Waals surface area (Å²) in [6.45, 7) is 0.336. The number of nitrogens with zero attached hydrogens (tertiary/aromatic N) is 1. The molecule has 3 aromatic rings. The van der Waals surface area contributed by atoms with Crippen LogP contribution in [-0.2, 0) is 11.4 Å². The Bertz CT molecular complexity index is 1100. The van der Waals surface area contributed by atoms with Gasteiger partial charge in [-0.15, -0.1) is 0 Å². The summed E-state index contributed by atoms with van der Waals surface area (Å²) in [5.74, 6) is 0.543. The third-order valence-corrected chi connectivity index (χ3v) is 4.57. The van der Waals surface area contributed by atoms with Crippen molar-refractivity contribution in [3.05, 3.63) is 94.5 Å². The van der Waals surface area contributed by atoms with Crippen LogP contribution in [0.3, 0.4) is 0 Å². The van der Waals surface area contributed by atoms with Gasteiger partial charge in [-0.2, -0.15) is 5.26 Å². The van der Waals surface area contributed by atoms with Gasteiger partial charge in [0, 0.05) is 11.6 Å². The van der Waals surface area contributed by atoms with Crippen LogP contribution in [0.1, 0.15) is 11.1 Å². The second kappa shape index (κ2) is 10.1. The van der Waals surface area contributed by atoms with Gasteiger partial charge < -0.3 is 14.8 Å². The molecule has 1 amide bonds. The summed E-state index contributed by atoms with van der Waals surface area (Å²) >= 11 is 6.08. The maximum Gasteiger partial charge on any atom is 0.266 e. The Labute approximate surface area is 180 Å². The minimum atomic E-state index is -0.560. The number of anilines is 1. The smallest absolute Gasteiger partial charge is 0.266 e. The molecule has 0 bridgehead atoms. The first-order valence-corrected chi connectivity index (χ1v) is 9.51. The lowest BCUT2D eigenvalue weighted by atomic mass is 10.1. The fraction of sp³-hybridized carbons (Fsp3) is 0.0833. The average molecular weight is 419 g/mol. The lowest BCUT2D eigenvalue weighted by molar-refractivity contribution is -0.112. The largest absolute Gasteiger partial charge is 0.497 e. The summed E-state index contributed by atoms with van der Waals surface area (Å²) in [7, 11) is 1.56. The van der Waals surface area contributed by atoms with Gasteiger partial charge in [0.25, 0.3) is 5.91 Å². The Balaban J connectivity index is 1.86. The molecule has 0 radical (unpaired) electrons. The summed E-state index contributed by atoms with van der Waals surface area (Å²) < 4.78 is 11.2. The zero-order valence-electron chi connectivity index (χ0n) is 16.3. The van der Waals surface area contributed by atoms with E-state index in [1.165, 1.54) is 6.08 Å². The molecule has 0 unspecified atom stereocenters. The van der Waals surface area contributed by atoms with Crippen molar-refractivity contribution in [2.75, 3.05) is 12.4 Å². The first-order chi connectivity index (χ1) is 14.6. The Morgan fingerprint density at radius 2 is 1.83 bits per heavy atom. The van der Waals surface area contributed by atoms with Gasteiger partial charge in [0.2, 0.25) is 0 Å². The summed E-state index contributed by atoms with van der Waals surface area (Å²) in [4.78, 5) is 12.6. The Morgan fingerprint density at radius 1 is 1.10 bits per heavy atom. The highest BCUT2D eigenvalue weighted by molar-refractivity contribution is 6.34. The molecule has 0 aliphatic rings. The fourth-order valence-corrected chi connectivity index (χ4v) is 2.86. The van der Waals surface area contributed by atoms with E-state index in [2.05, 4.69) is 5.32 Å². The van der Waals surface area contributed by atoms with E-state index in [0.717, 1.165) is 5.56 Å². The second-order valence-corrected chi connectivity index (χ2v) is 6.69. The van der Waals surface area contributed by atoms with Crippen LogP contribution in [0.4, 0.5) is 5.69 Å². The van der Waals surface area contributed by atoms with Crippen LogP contribution >= 0.6 is 11.6 Å². The second-order valence-electron chi connectivity index (χ2n) is 6.28. The molecule has 0 aromatic heterocycles. The number of benzene rings is 3. The summed E-state index contributed by atoms with van der Waals surface area (Å²) in [6.07, 6.45) is 1.48. The van der Waals surface area contributed by atoms with E-state index >= 15 is 0 Å². The van der Waals surface area contributed by atoms with Crippen molar-refractivity contribution in [2.24, 2.45) is 0 Å². The quantitative estimate of drug-likeness (QED) is 0.407. The zero-order chi connectivity index (χ0) is 21.3. The highest BCUT2D eigenvalue weighted by Gasteiger charge is 2.13. The van der Waals surface area contributed by atoms with Gasteiger partial charge in [-0.25, -0.2) is 0 Å². The number of hydrogen-bond acceptors (Lipinski definition) is 4. The Morgan fingerprint density at radius 3 is 2.53 bits per heavy atom. The lowest BCUT2D eigenvalue weighted by Gasteiger charge is -2.12. The number of carbonyl (C=O) groups is 1. The van der Waals surface area contributed by atoms with Crippen LogP contribution in [0.5, 0.6) is 11.5 Å². The lowest BCUT2D eigenvalue weighted by Crippen LogP contribution is -2.13. The first kappa shape index (κ1) is 21.0. The van der Waals surface area contributed by atoms with Crippen LogP contribution in [0.15, 0.2) is 78.4 Å². The van der Waals surface area contributed by atoms with E-state index in [-0.39, 0.29) is 5.57 Å². The summed E-state index contributed by atoms with van der Waals surface area (Å²) in [5.41, 5.74) is 1.93. The molecule has 5 nitrogen and oxygen atoms in total. The fourth-order valence-electron chi connectivity index (χ4n) is 2.68. The van der Waals surface area contributed by atoms with Gasteiger partial charge in [0.05, 0.1) is 17.8 Å². The summed E-state index contributed by atoms with van der Waals surface area (Å²) in [5, 5.41) is 12.6. The molecule has 1 N–H and O–H groups in total. The topological polar surface area (TPSA) is 71.3 Å². The number of halogens is 1. The average Bonchev–Trinajstić information content (AvgIpc) is 2.78. The molecule has 6 heteroatoms. The number of nitriles is 1. The molecule has 150 valence electrons. The zero-order valence-corrected chi connectivity index (χ0v) is 17.0. The standard InChI is InChI=1S/C24H19ClN2O3/c1-29-20-12-11-18(23(14-20)30-16-17-7-3-2-4-8-17)13-19(15-26)24(28)27-22-10-6-5-9-21(22)25/h2-14H,16H2,1H3,(H,27,28)/b19-13+. The molecule has 0 atom stereocenters. The van der Waals surface area contributed by atoms with Crippen LogP contribution in [0.2, 0.25) is 5.02 Å². The van der Waals surface area contributed by atoms with Crippen molar-refractivity contribution in [3.8, 4) is 17.6 Å². The van der Waals surface area contributed by atoms with Crippen molar-refractivity contribution in [2.45, 2.75) is 6.61 Å². The van der Waals surface area contributed by atoms with Crippen LogP contribution < -0.4 is 14.8 Å². The molecular formula is C24H19ClN2O3. The number of amides is 1. The van der Waals surface area contributed by atoms with Gasteiger partial charge in [0.15, 0.2) is 0 Å². The number of hydrogen-bond donors (Lipinski definition) is 1. The molecule has 0 saturated carbocycles. The molecule has 3 rings (SSSR count). The number of nitrogens with one attached hydrogen (secondary N) is 1. The molecule has 3 aromatic carbocycles. The monoisotopic (exact) mass is 418 g/mol. The molecule has 30 heavy (non-hydrogen) atoms. The predicted molar refractivity (Wildman–Crippen MR) is 117 cm³/mol. The normalized spacial score (nSPS) is 10.8. The van der Waals surface area contributed by atoms with E-state index in [1.54, 1.807) is 49.6 Å². The van der Waals surface area contributed by atoms with Crippen molar-refractivity contribution >= 4 is 29.3 Å². The number of para-hydroxylation sites is 1. The third-order valence-electron chi connectivity index (χ3n) is 4.24. The number of carbonyl (C=O) groups excluding carboxylic acids is 1. The Hall–Kier alpha value is -3.75. The van der Waals surface area contributed by atoms with Gasteiger partial charge in [-0.1, -0.05) is 54.1 Å². The predicted octanol–water partition coefficient (Wildman–Crippen LogP) is 5.47. The van der Waals surface area contributed by atoms with Gasteiger partial charge in [0.1, 0.15) is 29.7 Å². The molecule has 0 aliphatic heterocycles. The van der Waals surface area contributed by atoms with Gasteiger partial charge in [-0.05, 0) is 35.9 Å². The van der Waals surface area contributed by atoms with E-state index in [1.807, 2.05) is 36.4 Å². The molecule has 0 spiro atoms. The van der Waals surface area contributed by atoms with Crippen molar-refractivity contribution in [1.29, 1.82) is 5.26 Å². The van der Waals surface area contributed by atoms with Gasteiger partial charge in [-0.3, -0.25) is 4.79 Å². The van der Waals surface area contributed by atoms with E-state index < -0.39 is 5.91 Å². The maximum atomic E-state index is 12.6. The molecular weight excluding hydrogens is 400 g/mol. The van der Waals surface area contributed by atoms with Crippen molar-refractivity contribution < 1.29 is 14.3 Å². The molecule has 0 aliphatic carbocycles. The SMILES string of the molecule is COc1ccc(/C=C(\C#N)C(=O)Nc2ccccc2Cl)c(OCc2ccccc2)c1. The van der Waals surface area contributed by atoms with E-state index in [4.69, 9.17) is 21.1 Å². The minimum absolute atomic E-state index is 0.0790. The van der Waals surface area contributed by atoms with Gasteiger partial charge >= 0.3 is 0 Å². The van der Waals surface area contributed by atoms with E-state index in [9.17, 15) is 10.1 Å². The third kappa shape index (κ3) is 5.40. The van der Waals surface area contributed by atoms with Crippen LogP contribution in [0, 0.1) is 11.3 Å². The highest BCUT2D eigenvalue weighted by atomic mass is 35.5.